The summed E-state index contributed by atoms with van der Waals surface area (Å²) in [5.74, 6) is -1.10. The first-order valence-electron chi connectivity index (χ1n) is 6.83. The van der Waals surface area contributed by atoms with Gasteiger partial charge in [-0.15, -0.1) is 0 Å². The zero-order valence-corrected chi connectivity index (χ0v) is 11.8. The standard InChI is InChI=1S/C13H24N2O4/c1-4-8(2)11(12(17)18)14-13(19)15-6-5-10(16)9(3)7-15/h8-11,16H,4-7H2,1-3H3,(H,14,19)(H,17,18). The molecule has 0 radical (unpaired) electrons. The van der Waals surface area contributed by atoms with Crippen LogP contribution in [0.25, 0.3) is 0 Å². The number of aliphatic carboxylic acids is 1. The van der Waals surface area contributed by atoms with E-state index in [-0.39, 0.29) is 24.0 Å². The molecule has 110 valence electrons. The fourth-order valence-electron chi connectivity index (χ4n) is 2.23. The highest BCUT2D eigenvalue weighted by molar-refractivity contribution is 5.82. The number of carbonyl (C=O) groups is 2. The van der Waals surface area contributed by atoms with E-state index in [0.29, 0.717) is 25.9 Å². The third kappa shape index (κ3) is 4.09. The number of carbonyl (C=O) groups excluding carboxylic acids is 1. The first kappa shape index (κ1) is 15.8. The first-order valence-corrected chi connectivity index (χ1v) is 6.83. The van der Waals surface area contributed by atoms with Crippen LogP contribution in [0.5, 0.6) is 0 Å². The maximum Gasteiger partial charge on any atom is 0.326 e. The third-order valence-corrected chi connectivity index (χ3v) is 3.91. The van der Waals surface area contributed by atoms with Crippen molar-refractivity contribution in [1.29, 1.82) is 0 Å². The number of piperidine rings is 1. The summed E-state index contributed by atoms with van der Waals surface area (Å²) in [6.45, 7) is 6.51. The van der Waals surface area contributed by atoms with Gasteiger partial charge in [0.1, 0.15) is 6.04 Å². The van der Waals surface area contributed by atoms with Gasteiger partial charge in [-0.25, -0.2) is 9.59 Å². The Kier molecular flexibility index (Phi) is 5.60. The number of aliphatic hydroxyl groups excluding tert-OH is 1. The zero-order chi connectivity index (χ0) is 14.6. The minimum atomic E-state index is -1.01. The molecular weight excluding hydrogens is 248 g/mol. The molecule has 6 heteroatoms. The molecule has 0 spiro atoms. The van der Waals surface area contributed by atoms with Crippen LogP contribution in [-0.4, -0.2) is 52.3 Å². The van der Waals surface area contributed by atoms with Gasteiger partial charge in [-0.3, -0.25) is 0 Å². The highest BCUT2D eigenvalue weighted by Crippen LogP contribution is 2.17. The lowest BCUT2D eigenvalue weighted by Crippen LogP contribution is -2.54. The molecule has 0 aromatic rings. The van der Waals surface area contributed by atoms with Crippen LogP contribution in [0.4, 0.5) is 4.79 Å². The summed E-state index contributed by atoms with van der Waals surface area (Å²) in [7, 11) is 0. The van der Waals surface area contributed by atoms with Gasteiger partial charge in [0, 0.05) is 13.1 Å². The van der Waals surface area contributed by atoms with Crippen molar-refractivity contribution in [3.8, 4) is 0 Å². The van der Waals surface area contributed by atoms with Gasteiger partial charge in [-0.1, -0.05) is 27.2 Å². The van der Waals surface area contributed by atoms with Crippen LogP contribution < -0.4 is 5.32 Å². The predicted molar refractivity (Wildman–Crippen MR) is 70.8 cm³/mol. The highest BCUT2D eigenvalue weighted by Gasteiger charge is 2.31. The van der Waals surface area contributed by atoms with E-state index in [9.17, 15) is 14.7 Å². The molecule has 3 N–H and O–H groups in total. The summed E-state index contributed by atoms with van der Waals surface area (Å²) in [5.41, 5.74) is 0. The molecule has 2 amide bonds. The fraction of sp³-hybridized carbons (Fsp3) is 0.846. The summed E-state index contributed by atoms with van der Waals surface area (Å²) < 4.78 is 0. The number of hydrogen-bond donors (Lipinski definition) is 3. The number of hydrogen-bond acceptors (Lipinski definition) is 3. The van der Waals surface area contributed by atoms with E-state index < -0.39 is 12.0 Å². The average molecular weight is 272 g/mol. The summed E-state index contributed by atoms with van der Waals surface area (Å²) >= 11 is 0. The molecule has 19 heavy (non-hydrogen) atoms. The minimum absolute atomic E-state index is 0.0198. The van der Waals surface area contributed by atoms with Gasteiger partial charge in [0.15, 0.2) is 0 Å². The van der Waals surface area contributed by atoms with Gasteiger partial charge >= 0.3 is 12.0 Å². The van der Waals surface area contributed by atoms with Gasteiger partial charge < -0.3 is 20.4 Å². The largest absolute Gasteiger partial charge is 0.480 e. The lowest BCUT2D eigenvalue weighted by Gasteiger charge is -2.35. The van der Waals surface area contributed by atoms with Crippen molar-refractivity contribution in [2.75, 3.05) is 13.1 Å². The van der Waals surface area contributed by atoms with E-state index in [1.165, 1.54) is 0 Å². The van der Waals surface area contributed by atoms with E-state index in [0.717, 1.165) is 0 Å². The van der Waals surface area contributed by atoms with Crippen LogP contribution in [0.15, 0.2) is 0 Å². The topological polar surface area (TPSA) is 89.9 Å². The number of rotatable bonds is 4. The maximum absolute atomic E-state index is 12.1. The number of aliphatic hydroxyl groups is 1. The molecule has 1 heterocycles. The molecular formula is C13H24N2O4. The molecule has 0 saturated carbocycles. The van der Waals surface area contributed by atoms with Crippen molar-refractivity contribution in [3.63, 3.8) is 0 Å². The number of likely N-dealkylation sites (tertiary alicyclic amines) is 1. The monoisotopic (exact) mass is 272 g/mol. The number of nitrogens with zero attached hydrogens (tertiary/aromatic N) is 1. The third-order valence-electron chi connectivity index (χ3n) is 3.91. The van der Waals surface area contributed by atoms with Crippen LogP contribution in [-0.2, 0) is 4.79 Å². The summed E-state index contributed by atoms with van der Waals surface area (Å²) in [4.78, 5) is 24.8. The Morgan fingerprint density at radius 1 is 1.47 bits per heavy atom. The van der Waals surface area contributed by atoms with E-state index >= 15 is 0 Å². The first-order chi connectivity index (χ1) is 8.86. The summed E-state index contributed by atoms with van der Waals surface area (Å²) in [6, 6.07) is -1.22. The minimum Gasteiger partial charge on any atom is -0.480 e. The molecule has 4 unspecified atom stereocenters. The highest BCUT2D eigenvalue weighted by atomic mass is 16.4. The molecule has 1 aliphatic heterocycles. The van der Waals surface area contributed by atoms with Crippen molar-refractivity contribution in [3.05, 3.63) is 0 Å². The van der Waals surface area contributed by atoms with Gasteiger partial charge in [-0.05, 0) is 18.3 Å². The zero-order valence-electron chi connectivity index (χ0n) is 11.8. The predicted octanol–water partition coefficient (Wildman–Crippen LogP) is 0.898. The second-order valence-electron chi connectivity index (χ2n) is 5.43. The number of amides is 2. The molecule has 0 bridgehead atoms. The Balaban J connectivity index is 2.60. The van der Waals surface area contributed by atoms with Gasteiger partial charge in [-0.2, -0.15) is 0 Å². The smallest absolute Gasteiger partial charge is 0.326 e. The molecule has 1 fully saturated rings. The van der Waals surface area contributed by atoms with Crippen LogP contribution in [0.2, 0.25) is 0 Å². The van der Waals surface area contributed by atoms with Crippen LogP contribution >= 0.6 is 0 Å². The summed E-state index contributed by atoms with van der Waals surface area (Å²) in [6.07, 6.45) is 0.844. The lowest BCUT2D eigenvalue weighted by molar-refractivity contribution is -0.140. The molecule has 1 rings (SSSR count). The Bertz CT molecular complexity index is 335. The van der Waals surface area contributed by atoms with E-state index in [1.807, 2.05) is 20.8 Å². The number of carboxylic acids is 1. The van der Waals surface area contributed by atoms with Gasteiger partial charge in [0.05, 0.1) is 6.10 Å². The Morgan fingerprint density at radius 2 is 2.11 bits per heavy atom. The quantitative estimate of drug-likeness (QED) is 0.709. The Hall–Kier alpha value is -1.30. The normalized spacial score (nSPS) is 26.6. The average Bonchev–Trinajstić information content (AvgIpc) is 2.37. The number of urea groups is 1. The molecule has 0 aromatic heterocycles. The van der Waals surface area contributed by atoms with Crippen molar-refractivity contribution >= 4 is 12.0 Å². The molecule has 1 saturated heterocycles. The van der Waals surface area contributed by atoms with Crippen LogP contribution in [0, 0.1) is 11.8 Å². The molecule has 0 aliphatic carbocycles. The maximum atomic E-state index is 12.1. The number of nitrogens with one attached hydrogen (secondary N) is 1. The number of carboxylic acid groups (broad SMARTS) is 1. The lowest BCUT2D eigenvalue weighted by atomic mass is 9.96. The molecule has 0 aromatic carbocycles. The van der Waals surface area contributed by atoms with Gasteiger partial charge in [0.2, 0.25) is 0 Å². The van der Waals surface area contributed by atoms with Crippen molar-refractivity contribution < 1.29 is 19.8 Å². The fourth-order valence-corrected chi connectivity index (χ4v) is 2.23. The SMILES string of the molecule is CCC(C)C(NC(=O)N1CCC(O)C(C)C1)C(=O)O. The van der Waals surface area contributed by atoms with Crippen LogP contribution in [0.3, 0.4) is 0 Å². The Labute approximate surface area is 113 Å². The summed E-state index contributed by atoms with van der Waals surface area (Å²) in [5, 5.41) is 21.3. The second kappa shape index (κ2) is 6.75. The van der Waals surface area contributed by atoms with Crippen molar-refractivity contribution in [2.45, 2.75) is 45.8 Å². The molecule has 4 atom stereocenters. The second-order valence-corrected chi connectivity index (χ2v) is 5.43. The van der Waals surface area contributed by atoms with Crippen molar-refractivity contribution in [1.82, 2.24) is 10.2 Å². The van der Waals surface area contributed by atoms with Crippen molar-refractivity contribution in [2.24, 2.45) is 11.8 Å². The van der Waals surface area contributed by atoms with E-state index in [1.54, 1.807) is 4.90 Å². The molecule has 1 aliphatic rings. The van der Waals surface area contributed by atoms with E-state index in [2.05, 4.69) is 5.32 Å². The van der Waals surface area contributed by atoms with Gasteiger partial charge in [0.25, 0.3) is 0 Å². The Morgan fingerprint density at radius 3 is 2.58 bits per heavy atom. The molecule has 6 nitrogen and oxygen atoms in total. The van der Waals surface area contributed by atoms with E-state index in [4.69, 9.17) is 5.11 Å². The van der Waals surface area contributed by atoms with Crippen LogP contribution in [0.1, 0.15) is 33.6 Å².